The molecule has 5 rings (SSSR count). The number of H-pyrrole nitrogens is 2. The van der Waals surface area contributed by atoms with E-state index in [0.29, 0.717) is 5.69 Å². The molecule has 1 atom stereocenters. The maximum atomic E-state index is 13.6. The molecule has 0 spiro atoms. The van der Waals surface area contributed by atoms with Gasteiger partial charge in [0.25, 0.3) is 5.91 Å². The number of carbonyl (C=O) groups excluding carboxylic acids is 1. The SMILES string of the molecule is O=C(N[C@H]1CCCc2c1[nH]c1ccc(F)cc21)c1n[nH]c2c1CCC2. The number of benzene rings is 1. The first kappa shape index (κ1) is 14.7. The molecule has 2 aliphatic rings. The molecular formula is C19H19FN4O. The molecule has 6 heteroatoms. The van der Waals surface area contributed by atoms with Crippen LogP contribution in [0.2, 0.25) is 0 Å². The van der Waals surface area contributed by atoms with Crippen molar-refractivity contribution in [3.05, 3.63) is 52.2 Å². The Morgan fingerprint density at radius 3 is 3.00 bits per heavy atom. The minimum atomic E-state index is -0.229. The second-order valence-corrected chi connectivity index (χ2v) is 7.01. The summed E-state index contributed by atoms with van der Waals surface area (Å²) in [6, 6.07) is 4.73. The third-order valence-corrected chi connectivity index (χ3v) is 5.50. The van der Waals surface area contributed by atoms with Gasteiger partial charge in [-0.3, -0.25) is 9.89 Å². The summed E-state index contributed by atoms with van der Waals surface area (Å²) in [5.41, 5.74) is 5.74. The fourth-order valence-electron chi connectivity index (χ4n) is 4.31. The van der Waals surface area contributed by atoms with Gasteiger partial charge in [0, 0.05) is 27.9 Å². The van der Waals surface area contributed by atoms with Crippen molar-refractivity contribution in [2.24, 2.45) is 0 Å². The predicted molar refractivity (Wildman–Crippen MR) is 92.0 cm³/mol. The Kier molecular flexibility index (Phi) is 3.20. The lowest BCUT2D eigenvalue weighted by atomic mass is 9.91. The van der Waals surface area contributed by atoms with Gasteiger partial charge < -0.3 is 10.3 Å². The molecule has 0 saturated carbocycles. The van der Waals surface area contributed by atoms with Crippen LogP contribution in [0.3, 0.4) is 0 Å². The van der Waals surface area contributed by atoms with Crippen molar-refractivity contribution < 1.29 is 9.18 Å². The number of aromatic amines is 2. The highest BCUT2D eigenvalue weighted by atomic mass is 19.1. The van der Waals surface area contributed by atoms with Crippen molar-refractivity contribution in [1.82, 2.24) is 20.5 Å². The molecule has 0 saturated heterocycles. The molecule has 1 aromatic carbocycles. The van der Waals surface area contributed by atoms with Crippen LogP contribution >= 0.6 is 0 Å². The van der Waals surface area contributed by atoms with Gasteiger partial charge in [-0.1, -0.05) is 0 Å². The smallest absolute Gasteiger partial charge is 0.272 e. The summed E-state index contributed by atoms with van der Waals surface area (Å²) < 4.78 is 13.6. The van der Waals surface area contributed by atoms with E-state index in [-0.39, 0.29) is 17.8 Å². The zero-order valence-corrected chi connectivity index (χ0v) is 13.8. The van der Waals surface area contributed by atoms with Gasteiger partial charge in [-0.15, -0.1) is 0 Å². The summed E-state index contributed by atoms with van der Waals surface area (Å²) in [6.07, 6.45) is 5.71. The Hall–Kier alpha value is -2.63. The summed E-state index contributed by atoms with van der Waals surface area (Å²) in [5.74, 6) is -0.352. The van der Waals surface area contributed by atoms with E-state index < -0.39 is 0 Å². The number of aryl methyl sites for hydroxylation is 2. The molecule has 0 radical (unpaired) electrons. The number of halogens is 1. The number of carbonyl (C=O) groups is 1. The molecule has 0 bridgehead atoms. The van der Waals surface area contributed by atoms with Gasteiger partial charge in [0.2, 0.25) is 0 Å². The quantitative estimate of drug-likeness (QED) is 0.670. The van der Waals surface area contributed by atoms with Gasteiger partial charge in [0.05, 0.1) is 6.04 Å². The van der Waals surface area contributed by atoms with Crippen molar-refractivity contribution in [3.63, 3.8) is 0 Å². The highest BCUT2D eigenvalue weighted by Crippen LogP contribution is 2.35. The van der Waals surface area contributed by atoms with Crippen molar-refractivity contribution in [1.29, 1.82) is 0 Å². The molecule has 1 amide bonds. The second-order valence-electron chi connectivity index (χ2n) is 7.01. The lowest BCUT2D eigenvalue weighted by Gasteiger charge is -2.23. The molecular weight excluding hydrogens is 319 g/mol. The summed E-state index contributed by atoms with van der Waals surface area (Å²) in [6.45, 7) is 0. The highest BCUT2D eigenvalue weighted by Gasteiger charge is 2.29. The van der Waals surface area contributed by atoms with E-state index in [0.717, 1.165) is 71.9 Å². The number of nitrogens with one attached hydrogen (secondary N) is 3. The maximum absolute atomic E-state index is 13.6. The number of rotatable bonds is 2. The van der Waals surface area contributed by atoms with Crippen LogP contribution in [0.15, 0.2) is 18.2 Å². The number of nitrogens with zero attached hydrogens (tertiary/aromatic N) is 1. The van der Waals surface area contributed by atoms with Crippen molar-refractivity contribution >= 4 is 16.8 Å². The molecule has 5 nitrogen and oxygen atoms in total. The molecule has 128 valence electrons. The molecule has 0 aliphatic heterocycles. The lowest BCUT2D eigenvalue weighted by Crippen LogP contribution is -2.31. The van der Waals surface area contributed by atoms with Crippen LogP contribution in [0.1, 0.15) is 58.3 Å². The predicted octanol–water partition coefficient (Wildman–Crippen LogP) is 3.33. The van der Waals surface area contributed by atoms with E-state index in [2.05, 4.69) is 20.5 Å². The molecule has 2 heterocycles. The van der Waals surface area contributed by atoms with E-state index in [4.69, 9.17) is 0 Å². The Bertz CT molecular complexity index is 987. The molecule has 2 aliphatic carbocycles. The normalized spacial score (nSPS) is 19.0. The Labute approximate surface area is 144 Å². The minimum absolute atomic E-state index is 0.0829. The zero-order valence-electron chi connectivity index (χ0n) is 13.8. The molecule has 25 heavy (non-hydrogen) atoms. The third-order valence-electron chi connectivity index (χ3n) is 5.50. The largest absolute Gasteiger partial charge is 0.356 e. The summed E-state index contributed by atoms with van der Waals surface area (Å²) >= 11 is 0. The van der Waals surface area contributed by atoms with Gasteiger partial charge in [-0.05, 0) is 62.3 Å². The fourth-order valence-corrected chi connectivity index (χ4v) is 4.31. The number of aromatic nitrogens is 3. The average molecular weight is 338 g/mol. The Morgan fingerprint density at radius 2 is 2.08 bits per heavy atom. The van der Waals surface area contributed by atoms with Gasteiger partial charge in [-0.25, -0.2) is 4.39 Å². The van der Waals surface area contributed by atoms with Crippen molar-refractivity contribution in [2.45, 2.75) is 44.6 Å². The summed E-state index contributed by atoms with van der Waals surface area (Å²) in [5, 5.41) is 11.3. The maximum Gasteiger partial charge on any atom is 0.272 e. The first-order chi connectivity index (χ1) is 12.2. The van der Waals surface area contributed by atoms with E-state index >= 15 is 0 Å². The molecule has 3 aromatic rings. The molecule has 3 N–H and O–H groups in total. The minimum Gasteiger partial charge on any atom is -0.356 e. The van der Waals surface area contributed by atoms with Crippen LogP contribution in [-0.4, -0.2) is 21.1 Å². The number of amides is 1. The Balaban J connectivity index is 1.48. The zero-order chi connectivity index (χ0) is 17.0. The summed E-state index contributed by atoms with van der Waals surface area (Å²) in [7, 11) is 0. The van der Waals surface area contributed by atoms with Gasteiger partial charge in [0.1, 0.15) is 5.82 Å². The van der Waals surface area contributed by atoms with Crippen molar-refractivity contribution in [2.75, 3.05) is 0 Å². The van der Waals surface area contributed by atoms with E-state index in [9.17, 15) is 9.18 Å². The first-order valence-corrected chi connectivity index (χ1v) is 8.87. The number of hydrogen-bond donors (Lipinski definition) is 3. The monoisotopic (exact) mass is 338 g/mol. The topological polar surface area (TPSA) is 73.6 Å². The van der Waals surface area contributed by atoms with Crippen LogP contribution in [0.25, 0.3) is 10.9 Å². The van der Waals surface area contributed by atoms with Crippen LogP contribution in [0, 0.1) is 5.82 Å². The van der Waals surface area contributed by atoms with Crippen LogP contribution in [-0.2, 0) is 19.3 Å². The molecule has 2 aromatic heterocycles. The lowest BCUT2D eigenvalue weighted by molar-refractivity contribution is 0.0926. The Morgan fingerprint density at radius 1 is 1.20 bits per heavy atom. The van der Waals surface area contributed by atoms with Crippen LogP contribution in [0.5, 0.6) is 0 Å². The highest BCUT2D eigenvalue weighted by molar-refractivity contribution is 5.94. The van der Waals surface area contributed by atoms with E-state index in [1.54, 1.807) is 12.1 Å². The van der Waals surface area contributed by atoms with Crippen molar-refractivity contribution in [3.8, 4) is 0 Å². The first-order valence-electron chi connectivity index (χ1n) is 8.87. The van der Waals surface area contributed by atoms with Gasteiger partial charge in [-0.2, -0.15) is 5.10 Å². The standard InChI is InChI=1S/C19H19FN4O/c20-10-7-8-14-13(9-10)11-3-1-6-16(17(11)21-14)22-19(25)18-12-4-2-5-15(12)23-24-18/h7-9,16,21H,1-6H2,(H,22,25)(H,23,24)/t16-/m0/s1. The second kappa shape index (κ2) is 5.44. The molecule has 0 unspecified atom stereocenters. The van der Waals surface area contributed by atoms with Crippen LogP contribution < -0.4 is 5.32 Å². The van der Waals surface area contributed by atoms with Gasteiger partial charge >= 0.3 is 0 Å². The summed E-state index contributed by atoms with van der Waals surface area (Å²) in [4.78, 5) is 16.1. The van der Waals surface area contributed by atoms with Crippen LogP contribution in [0.4, 0.5) is 4.39 Å². The van der Waals surface area contributed by atoms with Gasteiger partial charge in [0.15, 0.2) is 5.69 Å². The van der Waals surface area contributed by atoms with E-state index in [1.807, 2.05) is 0 Å². The molecule has 0 fully saturated rings. The van der Waals surface area contributed by atoms with E-state index in [1.165, 1.54) is 6.07 Å². The number of hydrogen-bond acceptors (Lipinski definition) is 2. The third kappa shape index (κ3) is 2.27. The average Bonchev–Trinajstić information content (AvgIpc) is 3.28. The fraction of sp³-hybridized carbons (Fsp3) is 0.368. The number of fused-ring (bicyclic) bond motifs is 4.